The molecule has 2 nitrogen and oxygen atoms in total. The molecule has 4 atom stereocenters. The zero-order chi connectivity index (χ0) is 12.4. The SMILES string of the molecule is ClCC1C2CCC(O2)C1COCc1ccccc1. The Kier molecular flexibility index (Phi) is 3.88. The first-order valence-electron chi connectivity index (χ1n) is 6.71. The van der Waals surface area contributed by atoms with E-state index in [1.54, 1.807) is 0 Å². The third-order valence-electron chi connectivity index (χ3n) is 4.19. The predicted octanol–water partition coefficient (Wildman–Crippen LogP) is 3.24. The van der Waals surface area contributed by atoms with Crippen LogP contribution in [0.2, 0.25) is 0 Å². The molecule has 2 aliphatic heterocycles. The van der Waals surface area contributed by atoms with E-state index in [-0.39, 0.29) is 0 Å². The first-order chi connectivity index (χ1) is 8.88. The average Bonchev–Trinajstić information content (AvgIpc) is 3.00. The van der Waals surface area contributed by atoms with Gasteiger partial charge in [-0.05, 0) is 18.4 Å². The number of hydrogen-bond acceptors (Lipinski definition) is 2. The minimum atomic E-state index is 0.384. The van der Waals surface area contributed by atoms with Crippen molar-refractivity contribution < 1.29 is 9.47 Å². The number of fused-ring (bicyclic) bond motifs is 2. The monoisotopic (exact) mass is 266 g/mol. The lowest BCUT2D eigenvalue weighted by atomic mass is 9.81. The van der Waals surface area contributed by atoms with Gasteiger partial charge in [-0.25, -0.2) is 0 Å². The number of halogens is 1. The molecule has 0 spiro atoms. The van der Waals surface area contributed by atoms with Gasteiger partial charge < -0.3 is 9.47 Å². The number of rotatable bonds is 5. The summed E-state index contributed by atoms with van der Waals surface area (Å²) in [5.74, 6) is 1.67. The molecule has 0 aliphatic carbocycles. The Labute approximate surface area is 113 Å². The first kappa shape index (κ1) is 12.5. The molecular weight excluding hydrogens is 248 g/mol. The lowest BCUT2D eigenvalue weighted by Gasteiger charge is -2.26. The number of hydrogen-bond donors (Lipinski definition) is 0. The maximum absolute atomic E-state index is 6.06. The van der Waals surface area contributed by atoms with Crippen LogP contribution in [0, 0.1) is 11.8 Å². The maximum atomic E-state index is 6.06. The average molecular weight is 267 g/mol. The molecule has 2 heterocycles. The summed E-state index contributed by atoms with van der Waals surface area (Å²) in [4.78, 5) is 0. The quantitative estimate of drug-likeness (QED) is 0.762. The van der Waals surface area contributed by atoms with Gasteiger partial charge in [0, 0.05) is 17.7 Å². The van der Waals surface area contributed by atoms with Gasteiger partial charge in [0.1, 0.15) is 0 Å². The minimum Gasteiger partial charge on any atom is -0.376 e. The third-order valence-corrected chi connectivity index (χ3v) is 4.55. The Bertz CT molecular complexity index is 381. The molecule has 1 aromatic rings. The first-order valence-corrected chi connectivity index (χ1v) is 7.25. The summed E-state index contributed by atoms with van der Waals surface area (Å²) in [7, 11) is 0. The zero-order valence-electron chi connectivity index (χ0n) is 10.4. The van der Waals surface area contributed by atoms with Crippen molar-refractivity contribution in [3.63, 3.8) is 0 Å². The van der Waals surface area contributed by atoms with Crippen molar-refractivity contribution in [2.75, 3.05) is 12.5 Å². The molecule has 0 saturated carbocycles. The van der Waals surface area contributed by atoms with E-state index in [2.05, 4.69) is 12.1 Å². The van der Waals surface area contributed by atoms with Crippen LogP contribution in [0.3, 0.4) is 0 Å². The summed E-state index contributed by atoms with van der Waals surface area (Å²) >= 11 is 6.06. The second-order valence-electron chi connectivity index (χ2n) is 5.27. The lowest BCUT2D eigenvalue weighted by molar-refractivity contribution is 0.0427. The number of benzene rings is 1. The van der Waals surface area contributed by atoms with Gasteiger partial charge in [0.05, 0.1) is 25.4 Å². The van der Waals surface area contributed by atoms with Crippen LogP contribution in [-0.2, 0) is 16.1 Å². The Balaban J connectivity index is 1.51. The fourth-order valence-corrected chi connectivity index (χ4v) is 3.63. The van der Waals surface area contributed by atoms with Crippen LogP contribution in [-0.4, -0.2) is 24.7 Å². The van der Waals surface area contributed by atoms with Crippen molar-refractivity contribution in [3.05, 3.63) is 35.9 Å². The highest BCUT2D eigenvalue weighted by Crippen LogP contribution is 2.44. The molecule has 2 bridgehead atoms. The van der Waals surface area contributed by atoms with E-state index in [1.807, 2.05) is 18.2 Å². The summed E-state index contributed by atoms with van der Waals surface area (Å²) in [5, 5.41) is 0. The summed E-state index contributed by atoms with van der Waals surface area (Å²) in [6, 6.07) is 10.3. The van der Waals surface area contributed by atoms with Crippen molar-refractivity contribution in [1.82, 2.24) is 0 Å². The van der Waals surface area contributed by atoms with Crippen LogP contribution in [0.1, 0.15) is 18.4 Å². The van der Waals surface area contributed by atoms with E-state index in [9.17, 15) is 0 Å². The minimum absolute atomic E-state index is 0.384. The lowest BCUT2D eigenvalue weighted by Crippen LogP contribution is -2.31. The summed E-state index contributed by atoms with van der Waals surface area (Å²) in [6.45, 7) is 1.46. The zero-order valence-corrected chi connectivity index (χ0v) is 11.2. The van der Waals surface area contributed by atoms with E-state index in [4.69, 9.17) is 21.1 Å². The highest BCUT2D eigenvalue weighted by atomic mass is 35.5. The van der Waals surface area contributed by atoms with Gasteiger partial charge in [-0.1, -0.05) is 30.3 Å². The maximum Gasteiger partial charge on any atom is 0.0717 e. The Morgan fingerprint density at radius 2 is 1.83 bits per heavy atom. The van der Waals surface area contributed by atoms with Crippen molar-refractivity contribution in [2.45, 2.75) is 31.7 Å². The molecule has 3 rings (SSSR count). The van der Waals surface area contributed by atoms with Crippen molar-refractivity contribution >= 4 is 11.6 Å². The molecule has 0 radical (unpaired) electrons. The fraction of sp³-hybridized carbons (Fsp3) is 0.600. The highest BCUT2D eigenvalue weighted by Gasteiger charge is 2.48. The van der Waals surface area contributed by atoms with Gasteiger partial charge in [-0.3, -0.25) is 0 Å². The van der Waals surface area contributed by atoms with Crippen molar-refractivity contribution in [3.8, 4) is 0 Å². The van der Waals surface area contributed by atoms with E-state index < -0.39 is 0 Å². The molecule has 18 heavy (non-hydrogen) atoms. The normalized spacial score (nSPS) is 34.1. The summed E-state index contributed by atoms with van der Waals surface area (Å²) < 4.78 is 11.8. The van der Waals surface area contributed by atoms with Gasteiger partial charge in [0.2, 0.25) is 0 Å². The molecule has 2 saturated heterocycles. The fourth-order valence-electron chi connectivity index (χ4n) is 3.20. The summed E-state index contributed by atoms with van der Waals surface area (Å²) in [5.41, 5.74) is 1.23. The predicted molar refractivity (Wildman–Crippen MR) is 71.7 cm³/mol. The molecule has 2 aliphatic rings. The van der Waals surface area contributed by atoms with Gasteiger partial charge in [0.15, 0.2) is 0 Å². The van der Waals surface area contributed by atoms with Crippen LogP contribution in [0.25, 0.3) is 0 Å². The molecule has 4 unspecified atom stereocenters. The number of ether oxygens (including phenoxy) is 2. The Hall–Kier alpha value is -0.570. The van der Waals surface area contributed by atoms with Crippen LogP contribution in [0.15, 0.2) is 30.3 Å². The van der Waals surface area contributed by atoms with Crippen molar-refractivity contribution in [1.29, 1.82) is 0 Å². The molecule has 98 valence electrons. The molecule has 3 heteroatoms. The standard InChI is InChI=1S/C15H19ClO2/c16-8-12-13(15-7-6-14(12)18-15)10-17-9-11-4-2-1-3-5-11/h1-5,12-15H,6-10H2. The molecule has 2 fully saturated rings. The van der Waals surface area contributed by atoms with Crippen LogP contribution >= 0.6 is 11.6 Å². The molecule has 1 aromatic carbocycles. The van der Waals surface area contributed by atoms with E-state index in [0.29, 0.717) is 36.5 Å². The number of alkyl halides is 1. The topological polar surface area (TPSA) is 18.5 Å². The van der Waals surface area contributed by atoms with Crippen LogP contribution in [0.4, 0.5) is 0 Å². The Morgan fingerprint density at radius 3 is 2.56 bits per heavy atom. The van der Waals surface area contributed by atoms with E-state index >= 15 is 0 Å². The molecule has 0 amide bonds. The Morgan fingerprint density at radius 1 is 1.11 bits per heavy atom. The molecule has 0 N–H and O–H groups in total. The van der Waals surface area contributed by atoms with Crippen LogP contribution < -0.4 is 0 Å². The second-order valence-corrected chi connectivity index (χ2v) is 5.58. The van der Waals surface area contributed by atoms with Crippen molar-refractivity contribution in [2.24, 2.45) is 11.8 Å². The molecular formula is C15H19ClO2. The van der Waals surface area contributed by atoms with E-state index in [0.717, 1.165) is 6.61 Å². The largest absolute Gasteiger partial charge is 0.376 e. The van der Waals surface area contributed by atoms with Gasteiger partial charge in [-0.2, -0.15) is 0 Å². The van der Waals surface area contributed by atoms with Gasteiger partial charge in [-0.15, -0.1) is 11.6 Å². The van der Waals surface area contributed by atoms with Crippen LogP contribution in [0.5, 0.6) is 0 Å². The van der Waals surface area contributed by atoms with E-state index in [1.165, 1.54) is 18.4 Å². The highest BCUT2D eigenvalue weighted by molar-refractivity contribution is 6.18. The van der Waals surface area contributed by atoms with Gasteiger partial charge in [0.25, 0.3) is 0 Å². The smallest absolute Gasteiger partial charge is 0.0717 e. The molecule has 0 aromatic heterocycles. The third kappa shape index (κ3) is 2.42. The van der Waals surface area contributed by atoms with Gasteiger partial charge >= 0.3 is 0 Å². The second kappa shape index (κ2) is 5.60. The summed E-state index contributed by atoms with van der Waals surface area (Å²) in [6.07, 6.45) is 3.13.